The maximum Gasteiger partial charge on any atom is 0.331 e. The highest BCUT2D eigenvalue weighted by Gasteiger charge is 2.16. The second-order valence-electron chi connectivity index (χ2n) is 6.03. The summed E-state index contributed by atoms with van der Waals surface area (Å²) in [6.45, 7) is 5.89. The molecule has 132 valence electrons. The van der Waals surface area contributed by atoms with Gasteiger partial charge in [-0.2, -0.15) is 5.10 Å². The number of hydrogen-bond acceptors (Lipinski definition) is 4. The molecule has 6 nitrogen and oxygen atoms in total. The Morgan fingerprint density at radius 1 is 1.24 bits per heavy atom. The first-order chi connectivity index (χ1) is 11.9. The van der Waals surface area contributed by atoms with Gasteiger partial charge in [0, 0.05) is 23.9 Å². The number of carbonyl (C=O) groups excluding carboxylic acids is 2. The molecule has 2 rings (SSSR count). The highest BCUT2D eigenvalue weighted by atomic mass is 16.5. The summed E-state index contributed by atoms with van der Waals surface area (Å²) in [6, 6.07) is 9.98. The highest BCUT2D eigenvalue weighted by molar-refractivity contribution is 5.90. The molecular weight excluding hydrogens is 318 g/mol. The van der Waals surface area contributed by atoms with Crippen LogP contribution in [0.1, 0.15) is 31.9 Å². The Hall–Kier alpha value is -2.89. The van der Waals surface area contributed by atoms with Gasteiger partial charge in [-0.1, -0.05) is 30.3 Å². The lowest BCUT2D eigenvalue weighted by atomic mass is 10.2. The Labute approximate surface area is 147 Å². The number of esters is 1. The van der Waals surface area contributed by atoms with Gasteiger partial charge in [0.15, 0.2) is 6.10 Å². The zero-order valence-electron chi connectivity index (χ0n) is 14.7. The predicted molar refractivity (Wildman–Crippen MR) is 95.6 cm³/mol. The minimum absolute atomic E-state index is 0.000326. The minimum Gasteiger partial charge on any atom is -0.449 e. The Morgan fingerprint density at radius 3 is 2.64 bits per heavy atom. The smallest absolute Gasteiger partial charge is 0.331 e. The Bertz CT molecular complexity index is 735. The summed E-state index contributed by atoms with van der Waals surface area (Å²) in [5, 5.41) is 6.96. The van der Waals surface area contributed by atoms with E-state index < -0.39 is 12.1 Å². The number of amides is 1. The molecule has 0 radical (unpaired) electrons. The highest BCUT2D eigenvalue weighted by Crippen LogP contribution is 2.06. The van der Waals surface area contributed by atoms with Crippen molar-refractivity contribution in [1.82, 2.24) is 15.1 Å². The largest absolute Gasteiger partial charge is 0.449 e. The Morgan fingerprint density at radius 2 is 1.96 bits per heavy atom. The van der Waals surface area contributed by atoms with Crippen molar-refractivity contribution in [3.05, 3.63) is 59.9 Å². The number of ether oxygens (including phenoxy) is 1. The number of hydrogen-bond donors (Lipinski definition) is 1. The van der Waals surface area contributed by atoms with Gasteiger partial charge in [0.2, 0.25) is 0 Å². The number of benzene rings is 1. The molecular formula is C19H23N3O3. The van der Waals surface area contributed by atoms with E-state index in [1.165, 1.54) is 6.08 Å². The van der Waals surface area contributed by atoms with Gasteiger partial charge in [0.05, 0.1) is 12.7 Å². The standard InChI is InChI=1S/C19H23N3O3/c1-14(2)21-19(24)15(3)25-18(23)10-9-17-11-20-22(13-17)12-16-7-5-4-6-8-16/h4-11,13-15H,12H2,1-3H3,(H,21,24)/b10-9+/t15-/m1/s1. The average molecular weight is 341 g/mol. The molecule has 1 aromatic carbocycles. The van der Waals surface area contributed by atoms with Crippen LogP contribution in [-0.2, 0) is 20.9 Å². The SMILES string of the molecule is CC(C)NC(=O)[C@@H](C)OC(=O)/C=C/c1cnn(Cc2ccccc2)c1. The van der Waals surface area contributed by atoms with Crippen molar-refractivity contribution in [2.24, 2.45) is 0 Å². The first-order valence-corrected chi connectivity index (χ1v) is 8.19. The fourth-order valence-electron chi connectivity index (χ4n) is 2.16. The second kappa shape index (κ2) is 8.82. The number of nitrogens with zero attached hydrogens (tertiary/aromatic N) is 2. The number of carbonyl (C=O) groups is 2. The third kappa shape index (κ3) is 6.25. The molecule has 0 saturated carbocycles. The van der Waals surface area contributed by atoms with E-state index in [2.05, 4.69) is 10.4 Å². The molecule has 25 heavy (non-hydrogen) atoms. The summed E-state index contributed by atoms with van der Waals surface area (Å²) in [7, 11) is 0. The van der Waals surface area contributed by atoms with E-state index in [0.717, 1.165) is 11.1 Å². The van der Waals surface area contributed by atoms with Crippen LogP contribution in [0.5, 0.6) is 0 Å². The molecule has 0 fully saturated rings. The fraction of sp³-hybridized carbons (Fsp3) is 0.316. The van der Waals surface area contributed by atoms with Crippen LogP contribution in [0.3, 0.4) is 0 Å². The Kier molecular flexibility index (Phi) is 6.51. The van der Waals surface area contributed by atoms with Gasteiger partial charge < -0.3 is 10.1 Å². The average Bonchev–Trinajstić information content (AvgIpc) is 3.00. The summed E-state index contributed by atoms with van der Waals surface area (Å²) in [5.41, 5.74) is 1.93. The summed E-state index contributed by atoms with van der Waals surface area (Å²) in [4.78, 5) is 23.5. The van der Waals surface area contributed by atoms with Crippen LogP contribution in [0.15, 0.2) is 48.8 Å². The summed E-state index contributed by atoms with van der Waals surface area (Å²) < 4.78 is 6.86. The number of aromatic nitrogens is 2. The van der Waals surface area contributed by atoms with E-state index in [4.69, 9.17) is 4.74 Å². The molecule has 1 heterocycles. The zero-order valence-corrected chi connectivity index (χ0v) is 14.7. The molecule has 0 aliphatic heterocycles. The van der Waals surface area contributed by atoms with Gasteiger partial charge in [-0.25, -0.2) is 4.79 Å². The molecule has 0 unspecified atom stereocenters. The molecule has 2 aromatic rings. The summed E-state index contributed by atoms with van der Waals surface area (Å²) in [6.07, 6.45) is 5.58. The summed E-state index contributed by atoms with van der Waals surface area (Å²) >= 11 is 0. The molecule has 1 aromatic heterocycles. The molecule has 1 atom stereocenters. The molecule has 0 aliphatic rings. The van der Waals surface area contributed by atoms with Crippen molar-refractivity contribution in [3.8, 4) is 0 Å². The van der Waals surface area contributed by atoms with Crippen molar-refractivity contribution in [1.29, 1.82) is 0 Å². The lowest BCUT2D eigenvalue weighted by Gasteiger charge is -2.14. The zero-order chi connectivity index (χ0) is 18.2. The van der Waals surface area contributed by atoms with Gasteiger partial charge in [0.25, 0.3) is 5.91 Å². The second-order valence-corrected chi connectivity index (χ2v) is 6.03. The van der Waals surface area contributed by atoms with Crippen molar-refractivity contribution >= 4 is 18.0 Å². The van der Waals surface area contributed by atoms with E-state index in [1.54, 1.807) is 23.9 Å². The van der Waals surface area contributed by atoms with Crippen LogP contribution >= 0.6 is 0 Å². The molecule has 0 aliphatic carbocycles. The van der Waals surface area contributed by atoms with Crippen LogP contribution in [0.25, 0.3) is 6.08 Å². The normalized spacial score (nSPS) is 12.3. The van der Waals surface area contributed by atoms with Crippen molar-refractivity contribution < 1.29 is 14.3 Å². The van der Waals surface area contributed by atoms with Crippen molar-refractivity contribution in [3.63, 3.8) is 0 Å². The minimum atomic E-state index is -0.833. The van der Waals surface area contributed by atoms with Crippen LogP contribution < -0.4 is 5.32 Å². The van der Waals surface area contributed by atoms with Crippen molar-refractivity contribution in [2.45, 2.75) is 39.5 Å². The molecule has 1 N–H and O–H groups in total. The number of nitrogens with one attached hydrogen (secondary N) is 1. The maximum atomic E-state index is 11.8. The van der Waals surface area contributed by atoms with E-state index >= 15 is 0 Å². The Balaban J connectivity index is 1.87. The van der Waals surface area contributed by atoms with Crippen LogP contribution in [0.4, 0.5) is 0 Å². The molecule has 0 spiro atoms. The maximum absolute atomic E-state index is 11.8. The first kappa shape index (κ1) is 18.4. The lowest BCUT2D eigenvalue weighted by Crippen LogP contribution is -2.39. The fourth-order valence-corrected chi connectivity index (χ4v) is 2.16. The van der Waals surface area contributed by atoms with Crippen LogP contribution in [0, 0.1) is 0 Å². The van der Waals surface area contributed by atoms with Crippen molar-refractivity contribution in [2.75, 3.05) is 0 Å². The van der Waals surface area contributed by atoms with Gasteiger partial charge >= 0.3 is 5.97 Å². The van der Waals surface area contributed by atoms with E-state index in [9.17, 15) is 9.59 Å². The van der Waals surface area contributed by atoms with E-state index in [0.29, 0.717) is 6.54 Å². The van der Waals surface area contributed by atoms with E-state index in [-0.39, 0.29) is 11.9 Å². The topological polar surface area (TPSA) is 73.2 Å². The van der Waals surface area contributed by atoms with Gasteiger partial charge in [-0.3, -0.25) is 9.48 Å². The monoisotopic (exact) mass is 341 g/mol. The lowest BCUT2D eigenvalue weighted by molar-refractivity contribution is -0.150. The third-order valence-electron chi connectivity index (χ3n) is 3.35. The van der Waals surface area contributed by atoms with Gasteiger partial charge in [0.1, 0.15) is 0 Å². The molecule has 6 heteroatoms. The third-order valence-corrected chi connectivity index (χ3v) is 3.35. The number of rotatable bonds is 7. The van der Waals surface area contributed by atoms with Crippen LogP contribution in [-0.4, -0.2) is 33.8 Å². The molecule has 1 amide bonds. The first-order valence-electron chi connectivity index (χ1n) is 8.19. The van der Waals surface area contributed by atoms with Crippen LogP contribution in [0.2, 0.25) is 0 Å². The predicted octanol–water partition coefficient (Wildman–Crippen LogP) is 2.40. The summed E-state index contributed by atoms with van der Waals surface area (Å²) in [5.74, 6) is -0.880. The van der Waals surface area contributed by atoms with Gasteiger partial charge in [-0.05, 0) is 32.4 Å². The molecule has 0 bridgehead atoms. The van der Waals surface area contributed by atoms with E-state index in [1.807, 2.05) is 50.4 Å². The molecule has 0 saturated heterocycles. The van der Waals surface area contributed by atoms with Gasteiger partial charge in [-0.15, -0.1) is 0 Å². The quantitative estimate of drug-likeness (QED) is 0.620.